The highest BCUT2D eigenvalue weighted by molar-refractivity contribution is 6.06. The van der Waals surface area contributed by atoms with Crippen LogP contribution in [0, 0.1) is 6.92 Å². The maximum Gasteiger partial charge on any atom is 0.343 e. The van der Waals surface area contributed by atoms with Crippen molar-refractivity contribution in [2.24, 2.45) is 0 Å². The summed E-state index contributed by atoms with van der Waals surface area (Å²) in [5.41, 5.74) is 5.98. The van der Waals surface area contributed by atoms with Gasteiger partial charge < -0.3 is 14.0 Å². The summed E-state index contributed by atoms with van der Waals surface area (Å²) in [5.74, 6) is 0.967. The van der Waals surface area contributed by atoms with Crippen LogP contribution in [0.5, 0.6) is 5.75 Å². The normalized spacial score (nSPS) is 14.6. The van der Waals surface area contributed by atoms with E-state index in [1.54, 1.807) is 13.2 Å². The van der Waals surface area contributed by atoms with E-state index in [4.69, 9.17) is 9.47 Å². The topological polar surface area (TPSA) is 40.5 Å². The SMILES string of the molecule is COc1ccc(C2=C/C(=C\c3cn(Cc4cccc(C)c4)c4ccccc34)C(=O)O2)cc1. The Hall–Kier alpha value is -4.05. The second kappa shape index (κ2) is 8.23. The van der Waals surface area contributed by atoms with Crippen LogP contribution < -0.4 is 4.74 Å². The molecule has 158 valence electrons. The number of cyclic esters (lactones) is 1. The van der Waals surface area contributed by atoms with Gasteiger partial charge in [-0.1, -0.05) is 48.0 Å². The summed E-state index contributed by atoms with van der Waals surface area (Å²) >= 11 is 0. The molecule has 4 heteroatoms. The average Bonchev–Trinajstić information content (AvgIpc) is 3.35. The number of methoxy groups -OCH3 is 1. The van der Waals surface area contributed by atoms with Crippen molar-refractivity contribution in [3.63, 3.8) is 0 Å². The van der Waals surface area contributed by atoms with Crippen LogP contribution in [0.3, 0.4) is 0 Å². The Kier molecular flexibility index (Phi) is 5.12. The van der Waals surface area contributed by atoms with Gasteiger partial charge in [0.25, 0.3) is 0 Å². The van der Waals surface area contributed by atoms with E-state index in [1.807, 2.05) is 42.5 Å². The molecule has 32 heavy (non-hydrogen) atoms. The van der Waals surface area contributed by atoms with Crippen molar-refractivity contribution >= 4 is 28.7 Å². The lowest BCUT2D eigenvalue weighted by atomic mass is 10.1. The zero-order chi connectivity index (χ0) is 22.1. The van der Waals surface area contributed by atoms with Crippen LogP contribution in [0.4, 0.5) is 0 Å². The molecule has 3 aromatic carbocycles. The van der Waals surface area contributed by atoms with E-state index in [-0.39, 0.29) is 5.97 Å². The number of carbonyl (C=O) groups excluding carboxylic acids is 1. The predicted molar refractivity (Wildman–Crippen MR) is 127 cm³/mol. The van der Waals surface area contributed by atoms with E-state index in [9.17, 15) is 4.79 Å². The monoisotopic (exact) mass is 421 g/mol. The van der Waals surface area contributed by atoms with Gasteiger partial charge in [-0.2, -0.15) is 0 Å². The van der Waals surface area contributed by atoms with Crippen molar-refractivity contribution < 1.29 is 14.3 Å². The number of carbonyl (C=O) groups is 1. The first kappa shape index (κ1) is 19.9. The third kappa shape index (κ3) is 3.83. The molecule has 0 amide bonds. The highest BCUT2D eigenvalue weighted by Gasteiger charge is 2.22. The summed E-state index contributed by atoms with van der Waals surface area (Å²) in [6, 6.07) is 24.2. The van der Waals surface area contributed by atoms with Gasteiger partial charge in [-0.15, -0.1) is 0 Å². The number of ether oxygens (including phenoxy) is 2. The summed E-state index contributed by atoms with van der Waals surface area (Å²) in [5, 5.41) is 1.10. The minimum atomic E-state index is -0.341. The fraction of sp³-hybridized carbons (Fsp3) is 0.107. The molecule has 5 rings (SSSR count). The summed E-state index contributed by atoms with van der Waals surface area (Å²) in [6.07, 6.45) is 5.82. The quantitative estimate of drug-likeness (QED) is 0.294. The number of hydrogen-bond acceptors (Lipinski definition) is 3. The van der Waals surface area contributed by atoms with Crippen molar-refractivity contribution in [1.82, 2.24) is 4.57 Å². The molecule has 0 fully saturated rings. The van der Waals surface area contributed by atoms with Crippen LogP contribution in [0.15, 0.2) is 90.6 Å². The molecular formula is C28H23NO3. The molecule has 0 saturated carbocycles. The lowest BCUT2D eigenvalue weighted by Crippen LogP contribution is -1.98. The molecule has 0 aliphatic carbocycles. The van der Waals surface area contributed by atoms with Crippen molar-refractivity contribution in [1.29, 1.82) is 0 Å². The van der Waals surface area contributed by atoms with Gasteiger partial charge in [0.2, 0.25) is 0 Å². The van der Waals surface area contributed by atoms with Gasteiger partial charge in [0, 0.05) is 34.8 Å². The number of fused-ring (bicyclic) bond motifs is 1. The number of hydrogen-bond donors (Lipinski definition) is 0. The fourth-order valence-corrected chi connectivity index (χ4v) is 4.08. The minimum Gasteiger partial charge on any atom is -0.497 e. The van der Waals surface area contributed by atoms with Gasteiger partial charge in [-0.25, -0.2) is 4.79 Å². The van der Waals surface area contributed by atoms with Crippen LogP contribution >= 0.6 is 0 Å². The largest absolute Gasteiger partial charge is 0.497 e. The zero-order valence-corrected chi connectivity index (χ0v) is 18.0. The Balaban J connectivity index is 1.51. The number of nitrogens with zero attached hydrogens (tertiary/aromatic N) is 1. The molecule has 0 radical (unpaired) electrons. The number of rotatable bonds is 5. The van der Waals surface area contributed by atoms with E-state index >= 15 is 0 Å². The number of benzene rings is 3. The predicted octanol–water partition coefficient (Wildman–Crippen LogP) is 5.99. The summed E-state index contributed by atoms with van der Waals surface area (Å²) in [7, 11) is 1.63. The molecule has 4 nitrogen and oxygen atoms in total. The van der Waals surface area contributed by atoms with Gasteiger partial charge in [-0.05, 0) is 55.0 Å². The number of esters is 1. The molecule has 0 bridgehead atoms. The highest BCUT2D eigenvalue weighted by Crippen LogP contribution is 2.31. The Morgan fingerprint density at radius 3 is 2.59 bits per heavy atom. The molecule has 4 aromatic rings. The molecule has 1 aliphatic rings. The Morgan fingerprint density at radius 1 is 1.00 bits per heavy atom. The summed E-state index contributed by atoms with van der Waals surface area (Å²) in [4.78, 5) is 12.6. The first-order valence-electron chi connectivity index (χ1n) is 10.5. The first-order chi connectivity index (χ1) is 15.6. The number of para-hydroxylation sites is 1. The molecule has 0 N–H and O–H groups in total. The minimum absolute atomic E-state index is 0.341. The standard InChI is InChI=1S/C28H23NO3/c1-19-6-5-7-20(14-19)17-29-18-23(25-8-3-4-9-26(25)29)15-22-16-27(32-28(22)30)21-10-12-24(31-2)13-11-21/h3-16,18H,17H2,1-2H3/b22-15+. The highest BCUT2D eigenvalue weighted by atomic mass is 16.5. The zero-order valence-electron chi connectivity index (χ0n) is 18.0. The molecule has 0 saturated heterocycles. The lowest BCUT2D eigenvalue weighted by Gasteiger charge is -2.06. The maximum atomic E-state index is 12.6. The third-order valence-electron chi connectivity index (χ3n) is 5.67. The first-order valence-corrected chi connectivity index (χ1v) is 10.5. The summed E-state index contributed by atoms with van der Waals surface area (Å²) < 4.78 is 13.0. The van der Waals surface area contributed by atoms with Gasteiger partial charge in [0.05, 0.1) is 12.7 Å². The van der Waals surface area contributed by atoms with E-state index in [0.29, 0.717) is 11.3 Å². The van der Waals surface area contributed by atoms with Crippen LogP contribution in [0.1, 0.15) is 22.3 Å². The van der Waals surface area contributed by atoms with E-state index < -0.39 is 0 Å². The third-order valence-corrected chi connectivity index (χ3v) is 5.67. The van der Waals surface area contributed by atoms with Crippen LogP contribution in [-0.4, -0.2) is 17.6 Å². The Morgan fingerprint density at radius 2 is 1.81 bits per heavy atom. The fourth-order valence-electron chi connectivity index (χ4n) is 4.08. The van der Waals surface area contributed by atoms with Gasteiger partial charge in [-0.3, -0.25) is 0 Å². The summed E-state index contributed by atoms with van der Waals surface area (Å²) in [6.45, 7) is 2.87. The lowest BCUT2D eigenvalue weighted by molar-refractivity contribution is -0.130. The second-order valence-corrected chi connectivity index (χ2v) is 7.94. The number of aromatic nitrogens is 1. The molecule has 2 heterocycles. The second-order valence-electron chi connectivity index (χ2n) is 7.94. The van der Waals surface area contributed by atoms with E-state index in [1.165, 1.54) is 11.1 Å². The maximum absolute atomic E-state index is 12.6. The molecule has 0 spiro atoms. The van der Waals surface area contributed by atoms with Crippen LogP contribution in [-0.2, 0) is 16.1 Å². The van der Waals surface area contributed by atoms with Gasteiger partial charge in [0.1, 0.15) is 11.5 Å². The molecule has 0 atom stereocenters. The van der Waals surface area contributed by atoms with Gasteiger partial charge >= 0.3 is 5.97 Å². The molecular weight excluding hydrogens is 398 g/mol. The average molecular weight is 421 g/mol. The van der Waals surface area contributed by atoms with Crippen LogP contribution in [0.25, 0.3) is 22.7 Å². The van der Waals surface area contributed by atoms with Crippen molar-refractivity contribution in [2.75, 3.05) is 7.11 Å². The Bertz CT molecular complexity index is 1370. The molecule has 1 aromatic heterocycles. The van der Waals surface area contributed by atoms with Crippen molar-refractivity contribution in [3.8, 4) is 5.75 Å². The molecule has 1 aliphatic heterocycles. The Labute approximate surface area is 187 Å². The van der Waals surface area contributed by atoms with E-state index in [0.717, 1.165) is 34.3 Å². The van der Waals surface area contributed by atoms with Crippen LogP contribution in [0.2, 0.25) is 0 Å². The van der Waals surface area contributed by atoms with Crippen molar-refractivity contribution in [2.45, 2.75) is 13.5 Å². The van der Waals surface area contributed by atoms with Gasteiger partial charge in [0.15, 0.2) is 0 Å². The smallest absolute Gasteiger partial charge is 0.343 e. The van der Waals surface area contributed by atoms with E-state index in [2.05, 4.69) is 54.1 Å². The number of aryl methyl sites for hydroxylation is 1. The molecule has 0 unspecified atom stereocenters. The van der Waals surface area contributed by atoms with Crippen molar-refractivity contribution in [3.05, 3.63) is 113 Å².